The summed E-state index contributed by atoms with van der Waals surface area (Å²) < 4.78 is 5.36. The van der Waals surface area contributed by atoms with Gasteiger partial charge >= 0.3 is 0 Å². The third-order valence-electron chi connectivity index (χ3n) is 3.92. The molecule has 2 rings (SSSR count). The molecule has 2 aliphatic rings. The summed E-state index contributed by atoms with van der Waals surface area (Å²) in [6, 6.07) is 3.66. The fraction of sp³-hybridized carbons (Fsp3) is 0.938. The van der Waals surface area contributed by atoms with Crippen LogP contribution in [0.5, 0.6) is 0 Å². The minimum absolute atomic E-state index is 0.665. The van der Waals surface area contributed by atoms with Crippen molar-refractivity contribution in [1.82, 2.24) is 5.32 Å². The van der Waals surface area contributed by atoms with Crippen molar-refractivity contribution in [3.05, 3.63) is 0 Å². The third kappa shape index (κ3) is 6.94. The molecule has 1 saturated carbocycles. The van der Waals surface area contributed by atoms with E-state index in [1.54, 1.807) is 0 Å². The van der Waals surface area contributed by atoms with Crippen LogP contribution in [0, 0.1) is 17.2 Å². The van der Waals surface area contributed by atoms with Gasteiger partial charge < -0.3 is 10.1 Å². The second kappa shape index (κ2) is 10.2. The summed E-state index contributed by atoms with van der Waals surface area (Å²) in [5, 5.41) is 12.4. The van der Waals surface area contributed by atoms with Crippen molar-refractivity contribution in [2.75, 3.05) is 13.2 Å². The lowest BCUT2D eigenvalue weighted by molar-refractivity contribution is 0.0723. The summed E-state index contributed by atoms with van der Waals surface area (Å²) in [6.45, 7) is 6.09. The normalized spacial score (nSPS) is 28.1. The second-order valence-electron chi connectivity index (χ2n) is 5.84. The molecule has 110 valence electrons. The standard InChI is InChI=1S/C13H22N2O.C3H8/c14-8-5-11-1-3-12(4-2-11)15-13-6-9-16-10-7-13;1-3-2/h11-13,15H,1-7,9-10H2;3H2,1-2H3. The molecular formula is C16H30N2O. The Morgan fingerprint density at radius 3 is 2.05 bits per heavy atom. The molecular weight excluding hydrogens is 236 g/mol. The first kappa shape index (κ1) is 16.5. The summed E-state index contributed by atoms with van der Waals surface area (Å²) in [4.78, 5) is 0. The predicted octanol–water partition coefficient (Wildman–Crippen LogP) is 3.64. The van der Waals surface area contributed by atoms with Crippen LogP contribution in [0.3, 0.4) is 0 Å². The average molecular weight is 266 g/mol. The van der Waals surface area contributed by atoms with Crippen LogP contribution >= 0.6 is 0 Å². The van der Waals surface area contributed by atoms with Crippen molar-refractivity contribution in [3.63, 3.8) is 0 Å². The molecule has 1 aliphatic heterocycles. The molecule has 0 unspecified atom stereocenters. The van der Waals surface area contributed by atoms with E-state index in [9.17, 15) is 0 Å². The fourth-order valence-corrected chi connectivity index (χ4v) is 2.86. The van der Waals surface area contributed by atoms with Gasteiger partial charge in [-0.2, -0.15) is 5.26 Å². The molecule has 1 heterocycles. The maximum absolute atomic E-state index is 8.67. The SMILES string of the molecule is CCC.N#CCC1CCC(NC2CCOCC2)CC1. The van der Waals surface area contributed by atoms with Gasteiger partial charge in [-0.1, -0.05) is 20.3 Å². The minimum Gasteiger partial charge on any atom is -0.381 e. The zero-order valence-corrected chi connectivity index (χ0v) is 12.7. The van der Waals surface area contributed by atoms with Crippen LogP contribution in [-0.4, -0.2) is 25.3 Å². The Labute approximate surface area is 118 Å². The molecule has 1 saturated heterocycles. The van der Waals surface area contributed by atoms with Gasteiger partial charge in [0.05, 0.1) is 6.07 Å². The van der Waals surface area contributed by atoms with Crippen LogP contribution in [0.2, 0.25) is 0 Å². The van der Waals surface area contributed by atoms with Crippen molar-refractivity contribution in [3.8, 4) is 6.07 Å². The molecule has 0 aromatic carbocycles. The first-order valence-electron chi connectivity index (χ1n) is 8.00. The Morgan fingerprint density at radius 1 is 1.00 bits per heavy atom. The topological polar surface area (TPSA) is 45.0 Å². The van der Waals surface area contributed by atoms with Crippen molar-refractivity contribution in [2.24, 2.45) is 5.92 Å². The van der Waals surface area contributed by atoms with Crippen molar-refractivity contribution in [2.45, 2.75) is 77.3 Å². The zero-order valence-electron chi connectivity index (χ0n) is 12.7. The summed E-state index contributed by atoms with van der Waals surface area (Å²) in [6.07, 6.45) is 9.30. The average Bonchev–Trinajstić information content (AvgIpc) is 2.43. The van der Waals surface area contributed by atoms with E-state index in [1.165, 1.54) is 32.1 Å². The van der Waals surface area contributed by atoms with E-state index >= 15 is 0 Å². The van der Waals surface area contributed by atoms with Crippen LogP contribution in [0.4, 0.5) is 0 Å². The number of rotatable bonds is 3. The first-order chi connectivity index (χ1) is 9.30. The maximum Gasteiger partial charge on any atom is 0.0624 e. The molecule has 19 heavy (non-hydrogen) atoms. The lowest BCUT2D eigenvalue weighted by Crippen LogP contribution is -2.43. The van der Waals surface area contributed by atoms with Crippen LogP contribution in [-0.2, 0) is 4.74 Å². The van der Waals surface area contributed by atoms with Gasteiger partial charge in [0.15, 0.2) is 0 Å². The lowest BCUT2D eigenvalue weighted by atomic mass is 9.84. The quantitative estimate of drug-likeness (QED) is 0.848. The van der Waals surface area contributed by atoms with Gasteiger partial charge in [0.1, 0.15) is 0 Å². The van der Waals surface area contributed by atoms with Crippen LogP contribution in [0.25, 0.3) is 0 Å². The molecule has 0 radical (unpaired) electrons. The fourth-order valence-electron chi connectivity index (χ4n) is 2.86. The van der Waals surface area contributed by atoms with Crippen molar-refractivity contribution < 1.29 is 4.74 Å². The van der Waals surface area contributed by atoms with Crippen LogP contribution in [0.1, 0.15) is 65.2 Å². The number of nitriles is 1. The smallest absolute Gasteiger partial charge is 0.0624 e. The molecule has 1 aliphatic carbocycles. The second-order valence-corrected chi connectivity index (χ2v) is 5.84. The Morgan fingerprint density at radius 2 is 1.53 bits per heavy atom. The number of ether oxygens (including phenoxy) is 1. The number of hydrogen-bond acceptors (Lipinski definition) is 3. The van der Waals surface area contributed by atoms with E-state index in [0.29, 0.717) is 18.0 Å². The van der Waals surface area contributed by atoms with Gasteiger partial charge in [0, 0.05) is 31.7 Å². The molecule has 0 aromatic rings. The summed E-state index contributed by atoms with van der Waals surface area (Å²) in [7, 11) is 0. The van der Waals surface area contributed by atoms with Gasteiger partial charge in [-0.3, -0.25) is 0 Å². The number of nitrogens with one attached hydrogen (secondary N) is 1. The number of nitrogens with zero attached hydrogens (tertiary/aromatic N) is 1. The minimum atomic E-state index is 0.665. The molecule has 0 bridgehead atoms. The van der Waals surface area contributed by atoms with E-state index in [-0.39, 0.29) is 0 Å². The molecule has 0 amide bonds. The molecule has 3 heteroatoms. The van der Waals surface area contributed by atoms with Gasteiger partial charge in [0.2, 0.25) is 0 Å². The first-order valence-corrected chi connectivity index (χ1v) is 8.00. The van der Waals surface area contributed by atoms with Crippen molar-refractivity contribution >= 4 is 0 Å². The highest BCUT2D eigenvalue weighted by Gasteiger charge is 2.23. The van der Waals surface area contributed by atoms with Crippen LogP contribution < -0.4 is 5.32 Å². The Balaban J connectivity index is 0.000000550. The highest BCUT2D eigenvalue weighted by atomic mass is 16.5. The van der Waals surface area contributed by atoms with Gasteiger partial charge in [-0.15, -0.1) is 0 Å². The van der Waals surface area contributed by atoms with E-state index in [1.807, 2.05) is 0 Å². The van der Waals surface area contributed by atoms with Gasteiger partial charge in [-0.25, -0.2) is 0 Å². The molecule has 1 N–H and O–H groups in total. The van der Waals surface area contributed by atoms with Crippen molar-refractivity contribution in [1.29, 1.82) is 5.26 Å². The maximum atomic E-state index is 8.67. The Bertz CT molecular complexity index is 248. The lowest BCUT2D eigenvalue weighted by Gasteiger charge is -2.33. The Hall–Kier alpha value is -0.590. The molecule has 3 nitrogen and oxygen atoms in total. The molecule has 0 atom stereocenters. The highest BCUT2D eigenvalue weighted by molar-refractivity contribution is 4.85. The van der Waals surface area contributed by atoms with Gasteiger partial charge in [-0.05, 0) is 44.4 Å². The highest BCUT2D eigenvalue weighted by Crippen LogP contribution is 2.27. The largest absolute Gasteiger partial charge is 0.381 e. The van der Waals surface area contributed by atoms with E-state index in [2.05, 4.69) is 25.2 Å². The number of hydrogen-bond donors (Lipinski definition) is 1. The Kier molecular flexibility index (Phi) is 8.86. The summed E-state index contributed by atoms with van der Waals surface area (Å²) in [5.74, 6) is 0.665. The molecule has 2 fully saturated rings. The monoisotopic (exact) mass is 266 g/mol. The third-order valence-corrected chi connectivity index (χ3v) is 3.92. The zero-order chi connectivity index (χ0) is 13.9. The predicted molar refractivity (Wildman–Crippen MR) is 78.9 cm³/mol. The van der Waals surface area contributed by atoms with Gasteiger partial charge in [0.25, 0.3) is 0 Å². The van der Waals surface area contributed by atoms with E-state index < -0.39 is 0 Å². The molecule has 0 spiro atoms. The van der Waals surface area contributed by atoms with E-state index in [4.69, 9.17) is 10.00 Å². The van der Waals surface area contributed by atoms with E-state index in [0.717, 1.165) is 32.5 Å². The summed E-state index contributed by atoms with van der Waals surface area (Å²) in [5.41, 5.74) is 0. The van der Waals surface area contributed by atoms with Crippen LogP contribution in [0.15, 0.2) is 0 Å². The molecule has 0 aromatic heterocycles. The summed E-state index contributed by atoms with van der Waals surface area (Å²) >= 11 is 0.